The van der Waals surface area contributed by atoms with Gasteiger partial charge in [0.1, 0.15) is 6.10 Å². The molecule has 0 aromatic carbocycles. The van der Waals surface area contributed by atoms with Crippen LogP contribution in [0.3, 0.4) is 0 Å². The largest absolute Gasteiger partial charge is 0.396 e. The van der Waals surface area contributed by atoms with Gasteiger partial charge in [0, 0.05) is 19.2 Å². The van der Waals surface area contributed by atoms with Crippen LogP contribution in [0.15, 0.2) is 0 Å². The molecule has 0 saturated carbocycles. The Kier molecular flexibility index (Phi) is 5.57. The molecule has 19 heavy (non-hydrogen) atoms. The van der Waals surface area contributed by atoms with Crippen molar-refractivity contribution in [3.05, 3.63) is 0 Å². The average molecular weight is 271 g/mol. The second kappa shape index (κ2) is 7.19. The number of nitrogens with one attached hydrogen (secondary N) is 1. The summed E-state index contributed by atoms with van der Waals surface area (Å²) in [6.07, 6.45) is 5.80. The van der Waals surface area contributed by atoms with E-state index >= 15 is 0 Å². The molecule has 0 aliphatic carbocycles. The standard InChI is InChI=1S/C13H25N3O3/c14-15-13(18)12-5-4-11(19-12)9-16-7-2-1-3-10(16)6-8-17/h10-12,17H,1-9,14H2,(H,15,18). The van der Waals surface area contributed by atoms with Gasteiger partial charge in [-0.1, -0.05) is 6.42 Å². The lowest BCUT2D eigenvalue weighted by molar-refractivity contribution is -0.132. The van der Waals surface area contributed by atoms with Gasteiger partial charge in [-0.15, -0.1) is 0 Å². The highest BCUT2D eigenvalue weighted by Crippen LogP contribution is 2.25. The Morgan fingerprint density at radius 1 is 1.37 bits per heavy atom. The number of nitrogens with zero attached hydrogens (tertiary/aromatic N) is 1. The molecule has 4 N–H and O–H groups in total. The number of aliphatic hydroxyl groups excluding tert-OH is 1. The van der Waals surface area contributed by atoms with E-state index in [-0.39, 0.29) is 18.6 Å². The van der Waals surface area contributed by atoms with Crippen molar-refractivity contribution < 1.29 is 14.6 Å². The molecule has 0 bridgehead atoms. The van der Waals surface area contributed by atoms with Crippen molar-refractivity contribution >= 4 is 5.91 Å². The molecule has 6 nitrogen and oxygen atoms in total. The maximum Gasteiger partial charge on any atom is 0.263 e. The van der Waals surface area contributed by atoms with Crippen molar-refractivity contribution in [2.75, 3.05) is 19.7 Å². The minimum absolute atomic E-state index is 0.113. The molecule has 2 saturated heterocycles. The molecule has 2 aliphatic heterocycles. The van der Waals surface area contributed by atoms with Crippen LogP contribution < -0.4 is 11.3 Å². The fourth-order valence-electron chi connectivity index (χ4n) is 3.16. The summed E-state index contributed by atoms with van der Waals surface area (Å²) >= 11 is 0. The highest BCUT2D eigenvalue weighted by molar-refractivity contribution is 5.80. The molecule has 0 spiro atoms. The van der Waals surface area contributed by atoms with Gasteiger partial charge in [0.15, 0.2) is 0 Å². The lowest BCUT2D eigenvalue weighted by Gasteiger charge is -2.36. The predicted molar refractivity (Wildman–Crippen MR) is 71.1 cm³/mol. The SMILES string of the molecule is NNC(=O)C1CCC(CN2CCCCC2CCO)O1. The van der Waals surface area contributed by atoms with E-state index in [9.17, 15) is 4.79 Å². The molecular formula is C13H25N3O3. The van der Waals surface area contributed by atoms with Crippen molar-refractivity contribution in [2.45, 2.75) is 56.8 Å². The molecule has 2 fully saturated rings. The van der Waals surface area contributed by atoms with Gasteiger partial charge in [0.2, 0.25) is 0 Å². The second-order valence-electron chi connectivity index (χ2n) is 5.49. The average Bonchev–Trinajstić information content (AvgIpc) is 2.89. The first kappa shape index (κ1) is 14.7. The molecule has 2 aliphatic rings. The molecule has 3 unspecified atom stereocenters. The third-order valence-corrected chi connectivity index (χ3v) is 4.19. The number of hydrogen-bond acceptors (Lipinski definition) is 5. The molecule has 2 heterocycles. The van der Waals surface area contributed by atoms with Gasteiger partial charge < -0.3 is 9.84 Å². The Morgan fingerprint density at radius 2 is 2.21 bits per heavy atom. The normalized spacial score (nSPS) is 32.4. The molecule has 0 radical (unpaired) electrons. The number of amides is 1. The maximum atomic E-state index is 11.4. The zero-order valence-corrected chi connectivity index (χ0v) is 11.4. The highest BCUT2D eigenvalue weighted by Gasteiger charge is 2.33. The van der Waals surface area contributed by atoms with E-state index < -0.39 is 6.10 Å². The maximum absolute atomic E-state index is 11.4. The summed E-state index contributed by atoms with van der Waals surface area (Å²) in [5.74, 6) is 4.90. The number of aliphatic hydroxyl groups is 1. The summed E-state index contributed by atoms with van der Waals surface area (Å²) in [5, 5.41) is 9.12. The number of hydrazine groups is 1. The van der Waals surface area contributed by atoms with Crippen LogP contribution in [0.4, 0.5) is 0 Å². The van der Waals surface area contributed by atoms with Crippen LogP contribution in [0.1, 0.15) is 38.5 Å². The quantitative estimate of drug-likeness (QED) is 0.365. The van der Waals surface area contributed by atoms with Crippen LogP contribution >= 0.6 is 0 Å². The number of hydrogen-bond donors (Lipinski definition) is 3. The Balaban J connectivity index is 1.81. The van der Waals surface area contributed by atoms with Crippen LogP contribution in [0.5, 0.6) is 0 Å². The molecule has 0 aromatic rings. The van der Waals surface area contributed by atoms with E-state index in [0.717, 1.165) is 38.8 Å². The monoisotopic (exact) mass is 271 g/mol. The summed E-state index contributed by atoms with van der Waals surface area (Å²) in [6, 6.07) is 0.463. The lowest BCUT2D eigenvalue weighted by Crippen LogP contribution is -2.45. The van der Waals surface area contributed by atoms with Crippen molar-refractivity contribution in [1.82, 2.24) is 10.3 Å². The fraction of sp³-hybridized carbons (Fsp3) is 0.923. The van der Waals surface area contributed by atoms with Crippen LogP contribution in [0.2, 0.25) is 0 Å². The van der Waals surface area contributed by atoms with Crippen molar-refractivity contribution in [2.24, 2.45) is 5.84 Å². The minimum atomic E-state index is -0.393. The lowest BCUT2D eigenvalue weighted by atomic mass is 9.99. The third-order valence-electron chi connectivity index (χ3n) is 4.19. The Bertz CT molecular complexity index is 299. The smallest absolute Gasteiger partial charge is 0.263 e. The predicted octanol–water partition coefficient (Wildman–Crippen LogP) is -0.239. The van der Waals surface area contributed by atoms with Gasteiger partial charge in [0.25, 0.3) is 5.91 Å². The van der Waals surface area contributed by atoms with Gasteiger partial charge in [-0.3, -0.25) is 15.1 Å². The van der Waals surface area contributed by atoms with E-state index in [1.54, 1.807) is 0 Å². The Morgan fingerprint density at radius 3 is 2.95 bits per heavy atom. The van der Waals surface area contributed by atoms with Crippen LogP contribution in [-0.4, -0.2) is 53.9 Å². The molecule has 6 heteroatoms. The summed E-state index contributed by atoms with van der Waals surface area (Å²) in [7, 11) is 0. The van der Waals surface area contributed by atoms with E-state index in [2.05, 4.69) is 10.3 Å². The number of carbonyl (C=O) groups excluding carboxylic acids is 1. The summed E-state index contributed by atoms with van der Waals surface area (Å²) < 4.78 is 5.75. The summed E-state index contributed by atoms with van der Waals surface area (Å²) in [6.45, 7) is 2.17. The van der Waals surface area contributed by atoms with Crippen LogP contribution in [-0.2, 0) is 9.53 Å². The first-order valence-corrected chi connectivity index (χ1v) is 7.25. The Hall–Kier alpha value is -0.690. The number of rotatable bonds is 5. The van der Waals surface area contributed by atoms with E-state index in [0.29, 0.717) is 6.04 Å². The van der Waals surface area contributed by atoms with Crippen molar-refractivity contribution in [1.29, 1.82) is 0 Å². The molecular weight excluding hydrogens is 246 g/mol. The topological polar surface area (TPSA) is 87.8 Å². The first-order valence-electron chi connectivity index (χ1n) is 7.25. The van der Waals surface area contributed by atoms with E-state index in [1.165, 1.54) is 12.8 Å². The third kappa shape index (κ3) is 3.89. The molecule has 0 aromatic heterocycles. The van der Waals surface area contributed by atoms with Crippen molar-refractivity contribution in [3.8, 4) is 0 Å². The van der Waals surface area contributed by atoms with E-state index in [1.807, 2.05) is 0 Å². The van der Waals surface area contributed by atoms with Gasteiger partial charge in [-0.25, -0.2) is 5.84 Å². The van der Waals surface area contributed by atoms with Gasteiger partial charge >= 0.3 is 0 Å². The van der Waals surface area contributed by atoms with Crippen LogP contribution in [0, 0.1) is 0 Å². The van der Waals surface area contributed by atoms with Gasteiger partial charge in [0.05, 0.1) is 6.10 Å². The number of nitrogens with two attached hydrogens (primary N) is 1. The molecule has 2 rings (SSSR count). The Labute approximate surface area is 114 Å². The summed E-state index contributed by atoms with van der Waals surface area (Å²) in [5.41, 5.74) is 2.15. The number of piperidine rings is 1. The number of likely N-dealkylation sites (tertiary alicyclic amines) is 1. The molecule has 110 valence electrons. The minimum Gasteiger partial charge on any atom is -0.396 e. The number of carbonyl (C=O) groups is 1. The van der Waals surface area contributed by atoms with E-state index in [4.69, 9.17) is 15.7 Å². The van der Waals surface area contributed by atoms with Gasteiger partial charge in [-0.05, 0) is 38.6 Å². The van der Waals surface area contributed by atoms with Gasteiger partial charge in [-0.2, -0.15) is 0 Å². The second-order valence-corrected chi connectivity index (χ2v) is 5.49. The van der Waals surface area contributed by atoms with Crippen molar-refractivity contribution in [3.63, 3.8) is 0 Å². The number of ether oxygens (including phenoxy) is 1. The molecule has 1 amide bonds. The summed E-state index contributed by atoms with van der Waals surface area (Å²) in [4.78, 5) is 13.8. The zero-order chi connectivity index (χ0) is 13.7. The zero-order valence-electron chi connectivity index (χ0n) is 11.4. The fourth-order valence-corrected chi connectivity index (χ4v) is 3.16. The molecule has 3 atom stereocenters. The highest BCUT2D eigenvalue weighted by atomic mass is 16.5. The van der Waals surface area contributed by atoms with Crippen LogP contribution in [0.25, 0.3) is 0 Å². The first-order chi connectivity index (χ1) is 9.24.